The van der Waals surface area contributed by atoms with E-state index in [1.165, 1.54) is 0 Å². The van der Waals surface area contributed by atoms with Gasteiger partial charge in [-0.3, -0.25) is 4.68 Å². The smallest absolute Gasteiger partial charge is 0.0738 e. The monoisotopic (exact) mass is 198 g/mol. The normalized spacial score (nSPS) is 10.7. The third-order valence-electron chi connectivity index (χ3n) is 2.07. The third kappa shape index (κ3) is 3.85. The molecular weight excluding hydrogens is 180 g/mol. The van der Waals surface area contributed by atoms with Crippen LogP contribution in [-0.4, -0.2) is 35.3 Å². The van der Waals surface area contributed by atoms with Crippen LogP contribution >= 0.6 is 0 Å². The summed E-state index contributed by atoms with van der Waals surface area (Å²) < 4.78 is 6.74. The molecule has 0 radical (unpaired) electrons. The highest BCUT2D eigenvalue weighted by molar-refractivity contribution is 4.91. The number of hydrogen-bond donors (Lipinski definition) is 1. The molecule has 0 saturated carbocycles. The Morgan fingerprint density at radius 1 is 1.50 bits per heavy atom. The Bertz CT molecular complexity index is 249. The summed E-state index contributed by atoms with van der Waals surface area (Å²) in [6, 6.07) is 0. The van der Waals surface area contributed by atoms with Gasteiger partial charge in [-0.05, 0) is 19.4 Å². The molecule has 0 saturated heterocycles. The topological polar surface area (TPSA) is 52.0 Å². The number of aromatic nitrogens is 3. The largest absolute Gasteiger partial charge is 0.385 e. The van der Waals surface area contributed by atoms with Crippen molar-refractivity contribution in [1.82, 2.24) is 20.3 Å². The first-order chi connectivity index (χ1) is 6.84. The second-order valence-electron chi connectivity index (χ2n) is 3.23. The first-order valence-electron chi connectivity index (χ1n) is 4.88. The Hall–Kier alpha value is -0.940. The van der Waals surface area contributed by atoms with Gasteiger partial charge in [0.2, 0.25) is 0 Å². The van der Waals surface area contributed by atoms with Crippen LogP contribution in [0.15, 0.2) is 6.20 Å². The van der Waals surface area contributed by atoms with Gasteiger partial charge in [-0.2, -0.15) is 0 Å². The average Bonchev–Trinajstić information content (AvgIpc) is 2.58. The minimum Gasteiger partial charge on any atom is -0.385 e. The van der Waals surface area contributed by atoms with Gasteiger partial charge in [0.25, 0.3) is 0 Å². The number of rotatable bonds is 7. The first kappa shape index (κ1) is 11.1. The van der Waals surface area contributed by atoms with Crippen LogP contribution in [-0.2, 0) is 18.3 Å². The fourth-order valence-electron chi connectivity index (χ4n) is 1.18. The van der Waals surface area contributed by atoms with Gasteiger partial charge < -0.3 is 10.1 Å². The van der Waals surface area contributed by atoms with Crippen LogP contribution in [0.2, 0.25) is 0 Å². The number of nitrogens with one attached hydrogen (secondary N) is 1. The molecule has 0 bridgehead atoms. The van der Waals surface area contributed by atoms with E-state index in [1.807, 2.05) is 7.05 Å². The molecule has 80 valence electrons. The summed E-state index contributed by atoms with van der Waals surface area (Å²) in [7, 11) is 3.63. The molecule has 0 amide bonds. The molecular formula is C9H18N4O. The molecule has 0 spiro atoms. The molecule has 1 aromatic heterocycles. The Morgan fingerprint density at radius 3 is 3.00 bits per heavy atom. The van der Waals surface area contributed by atoms with Crippen molar-refractivity contribution in [2.75, 3.05) is 20.3 Å². The Kier molecular flexibility index (Phi) is 5.17. The highest BCUT2D eigenvalue weighted by Crippen LogP contribution is 1.93. The molecule has 1 rings (SSSR count). The summed E-state index contributed by atoms with van der Waals surface area (Å²) in [4.78, 5) is 0. The van der Waals surface area contributed by atoms with Crippen molar-refractivity contribution in [1.29, 1.82) is 0 Å². The lowest BCUT2D eigenvalue weighted by Gasteiger charge is -2.03. The van der Waals surface area contributed by atoms with E-state index >= 15 is 0 Å². The van der Waals surface area contributed by atoms with Gasteiger partial charge in [-0.1, -0.05) is 5.21 Å². The molecule has 0 unspecified atom stereocenters. The van der Waals surface area contributed by atoms with Crippen molar-refractivity contribution < 1.29 is 4.74 Å². The molecule has 1 heterocycles. The maximum absolute atomic E-state index is 4.96. The molecule has 0 fully saturated rings. The van der Waals surface area contributed by atoms with Gasteiger partial charge >= 0.3 is 0 Å². The fourth-order valence-corrected chi connectivity index (χ4v) is 1.18. The maximum atomic E-state index is 4.96. The summed E-state index contributed by atoms with van der Waals surface area (Å²) in [6.07, 6.45) is 4.02. The summed E-state index contributed by atoms with van der Waals surface area (Å²) in [5.41, 5.74) is 1.11. The Morgan fingerprint density at radius 2 is 2.36 bits per heavy atom. The lowest BCUT2D eigenvalue weighted by molar-refractivity contribution is 0.192. The summed E-state index contributed by atoms with van der Waals surface area (Å²) >= 11 is 0. The molecule has 1 N–H and O–H groups in total. The van der Waals surface area contributed by atoms with Crippen molar-refractivity contribution in [3.05, 3.63) is 11.9 Å². The lowest BCUT2D eigenvalue weighted by Crippen LogP contribution is -2.17. The van der Waals surface area contributed by atoms with E-state index < -0.39 is 0 Å². The summed E-state index contributed by atoms with van der Waals surface area (Å²) in [5, 5.41) is 11.0. The van der Waals surface area contributed by atoms with Crippen LogP contribution in [0.5, 0.6) is 0 Å². The van der Waals surface area contributed by atoms with Crippen LogP contribution in [0.4, 0.5) is 0 Å². The summed E-state index contributed by atoms with van der Waals surface area (Å²) in [5.74, 6) is 0. The van der Waals surface area contributed by atoms with Gasteiger partial charge in [-0.15, -0.1) is 5.10 Å². The van der Waals surface area contributed by atoms with Crippen molar-refractivity contribution in [3.8, 4) is 0 Å². The van der Waals surface area contributed by atoms with E-state index in [4.69, 9.17) is 4.74 Å². The predicted octanol–water partition coefficient (Wildman–Crippen LogP) is 0.331. The third-order valence-corrected chi connectivity index (χ3v) is 2.07. The zero-order chi connectivity index (χ0) is 10.2. The number of hydrogen-bond acceptors (Lipinski definition) is 4. The summed E-state index contributed by atoms with van der Waals surface area (Å²) in [6.45, 7) is 2.68. The van der Waals surface area contributed by atoms with Gasteiger partial charge in [-0.25, -0.2) is 0 Å². The maximum Gasteiger partial charge on any atom is 0.0738 e. The molecule has 5 heteroatoms. The van der Waals surface area contributed by atoms with E-state index in [0.717, 1.165) is 38.2 Å². The van der Waals surface area contributed by atoms with E-state index in [1.54, 1.807) is 18.0 Å². The molecule has 0 aliphatic heterocycles. The minimum atomic E-state index is 0.830. The number of aryl methyl sites for hydroxylation is 1. The van der Waals surface area contributed by atoms with Crippen LogP contribution in [0.25, 0.3) is 0 Å². The van der Waals surface area contributed by atoms with Gasteiger partial charge in [0.1, 0.15) is 0 Å². The fraction of sp³-hybridized carbons (Fsp3) is 0.778. The predicted molar refractivity (Wildman–Crippen MR) is 53.8 cm³/mol. The molecule has 0 aliphatic rings. The molecule has 5 nitrogen and oxygen atoms in total. The van der Waals surface area contributed by atoms with Crippen molar-refractivity contribution in [2.24, 2.45) is 7.05 Å². The van der Waals surface area contributed by atoms with Crippen LogP contribution < -0.4 is 5.32 Å². The molecule has 0 aromatic carbocycles. The number of methoxy groups -OCH3 is 1. The van der Waals surface area contributed by atoms with Gasteiger partial charge in [0.15, 0.2) is 0 Å². The molecule has 14 heavy (non-hydrogen) atoms. The highest BCUT2D eigenvalue weighted by Gasteiger charge is 1.97. The first-order valence-corrected chi connectivity index (χ1v) is 4.88. The SMILES string of the molecule is COCCCCNCc1cnnn1C. The van der Waals surface area contributed by atoms with E-state index in [0.29, 0.717) is 0 Å². The Labute approximate surface area is 84.4 Å². The number of nitrogens with zero attached hydrogens (tertiary/aromatic N) is 3. The average molecular weight is 198 g/mol. The molecule has 0 aliphatic carbocycles. The van der Waals surface area contributed by atoms with E-state index in [9.17, 15) is 0 Å². The van der Waals surface area contributed by atoms with Crippen molar-refractivity contribution >= 4 is 0 Å². The number of ether oxygens (including phenoxy) is 1. The highest BCUT2D eigenvalue weighted by atomic mass is 16.5. The van der Waals surface area contributed by atoms with Crippen molar-refractivity contribution in [2.45, 2.75) is 19.4 Å². The zero-order valence-electron chi connectivity index (χ0n) is 8.86. The molecule has 1 aromatic rings. The lowest BCUT2D eigenvalue weighted by atomic mass is 10.3. The second-order valence-corrected chi connectivity index (χ2v) is 3.23. The quantitative estimate of drug-likeness (QED) is 0.642. The molecule has 0 atom stereocenters. The van der Waals surface area contributed by atoms with E-state index in [-0.39, 0.29) is 0 Å². The van der Waals surface area contributed by atoms with Crippen LogP contribution in [0.1, 0.15) is 18.5 Å². The van der Waals surface area contributed by atoms with Crippen LogP contribution in [0, 0.1) is 0 Å². The number of unbranched alkanes of at least 4 members (excludes halogenated alkanes) is 1. The van der Waals surface area contributed by atoms with Gasteiger partial charge in [0.05, 0.1) is 11.9 Å². The standard InChI is InChI=1S/C9H18N4O/c1-13-9(8-11-12-13)7-10-5-3-4-6-14-2/h8,10H,3-7H2,1-2H3. The van der Waals surface area contributed by atoms with Crippen molar-refractivity contribution in [3.63, 3.8) is 0 Å². The van der Waals surface area contributed by atoms with E-state index in [2.05, 4.69) is 15.6 Å². The zero-order valence-corrected chi connectivity index (χ0v) is 8.86. The van der Waals surface area contributed by atoms with Gasteiger partial charge in [0, 0.05) is 27.3 Å². The Balaban J connectivity index is 2.02. The second kappa shape index (κ2) is 6.50. The van der Waals surface area contributed by atoms with Crippen LogP contribution in [0.3, 0.4) is 0 Å². The minimum absolute atomic E-state index is 0.830.